The lowest BCUT2D eigenvalue weighted by atomic mass is 9.92. The Labute approximate surface area is 331 Å². The second kappa shape index (κ2) is 11.9. The van der Waals surface area contributed by atoms with Crippen LogP contribution in [0.4, 0.5) is 0 Å². The summed E-state index contributed by atoms with van der Waals surface area (Å²) in [6.45, 7) is 0.727. The van der Waals surface area contributed by atoms with Crippen molar-refractivity contribution in [2.45, 2.75) is 6.54 Å². The minimum Gasteiger partial charge on any atom is -0.336 e. The van der Waals surface area contributed by atoms with Crippen LogP contribution in [-0.4, -0.2) is 24.5 Å². The molecule has 268 valence electrons. The fourth-order valence-corrected chi connectivity index (χ4v) is 9.47. The normalized spacial score (nSPS) is 12.2. The van der Waals surface area contributed by atoms with Gasteiger partial charge in [-0.1, -0.05) is 115 Å². The third kappa shape index (κ3) is 4.58. The van der Waals surface area contributed by atoms with E-state index in [1.54, 1.807) is 0 Å². The zero-order valence-electron chi connectivity index (χ0n) is 31.2. The number of hydrogen-bond donors (Lipinski definition) is 0. The van der Waals surface area contributed by atoms with Gasteiger partial charge in [-0.05, 0) is 86.4 Å². The van der Waals surface area contributed by atoms with Crippen molar-refractivity contribution in [1.29, 1.82) is 0 Å². The van der Waals surface area contributed by atoms with Crippen LogP contribution >= 0.6 is 0 Å². The number of fused-ring (bicyclic) bond motifs is 9. The Kier molecular flexibility index (Phi) is 6.44. The number of pyridine rings is 4. The SMILES string of the molecule is c1cnc2c(c1)ccc1ccc(-c3ccc4c(c3)c3cc(-c5ccc6ccc7cccnc7c6n5)ccc3n4Cc3ccc4ccc5cccc6ccc3c4c56)nc12. The lowest BCUT2D eigenvalue weighted by Crippen LogP contribution is -2.01. The highest BCUT2D eigenvalue weighted by atomic mass is 15.0. The van der Waals surface area contributed by atoms with Crippen molar-refractivity contribution in [3.05, 3.63) is 182 Å². The number of rotatable bonds is 4. The first kappa shape index (κ1) is 31.4. The van der Waals surface area contributed by atoms with Gasteiger partial charge in [-0.25, -0.2) is 9.97 Å². The number of nitrogens with zero attached hydrogens (tertiary/aromatic N) is 5. The number of hydrogen-bond acceptors (Lipinski definition) is 4. The third-order valence-corrected chi connectivity index (χ3v) is 12.3. The zero-order valence-corrected chi connectivity index (χ0v) is 31.2. The summed E-state index contributed by atoms with van der Waals surface area (Å²) in [6.07, 6.45) is 3.69. The van der Waals surface area contributed by atoms with E-state index in [4.69, 9.17) is 19.9 Å². The molecule has 0 aliphatic carbocycles. The lowest BCUT2D eigenvalue weighted by Gasteiger charge is -2.15. The number of benzene rings is 8. The van der Waals surface area contributed by atoms with E-state index >= 15 is 0 Å². The molecular weight excluding hydrogens is 707 g/mol. The zero-order chi connectivity index (χ0) is 37.9. The van der Waals surface area contributed by atoms with Crippen molar-refractivity contribution in [2.75, 3.05) is 0 Å². The van der Waals surface area contributed by atoms with E-state index in [0.717, 1.165) is 72.7 Å². The molecule has 0 spiro atoms. The first-order chi connectivity index (χ1) is 28.7. The Morgan fingerprint density at radius 3 is 1.41 bits per heavy atom. The van der Waals surface area contributed by atoms with E-state index < -0.39 is 0 Å². The van der Waals surface area contributed by atoms with Crippen molar-refractivity contribution in [3.63, 3.8) is 0 Å². The minimum atomic E-state index is 0.727. The Morgan fingerprint density at radius 2 is 0.828 bits per heavy atom. The Morgan fingerprint density at radius 1 is 0.362 bits per heavy atom. The van der Waals surface area contributed by atoms with Crippen LogP contribution in [0.25, 0.3) is 120 Å². The van der Waals surface area contributed by atoms with Gasteiger partial charge in [-0.15, -0.1) is 0 Å². The van der Waals surface area contributed by atoms with Crippen LogP contribution < -0.4 is 0 Å². The molecule has 0 aliphatic heterocycles. The van der Waals surface area contributed by atoms with Crippen LogP contribution in [0.5, 0.6) is 0 Å². The molecular formula is C53H31N5. The summed E-state index contributed by atoms with van der Waals surface area (Å²) in [5, 5.41) is 14.5. The molecule has 0 bridgehead atoms. The van der Waals surface area contributed by atoms with Gasteiger partial charge in [0.05, 0.1) is 33.5 Å². The van der Waals surface area contributed by atoms with E-state index in [9.17, 15) is 0 Å². The molecule has 13 rings (SSSR count). The van der Waals surface area contributed by atoms with Gasteiger partial charge in [0.25, 0.3) is 0 Å². The Balaban J connectivity index is 1.03. The van der Waals surface area contributed by atoms with Gasteiger partial charge in [-0.2, -0.15) is 0 Å². The molecule has 58 heavy (non-hydrogen) atoms. The van der Waals surface area contributed by atoms with E-state index in [1.807, 2.05) is 24.5 Å². The van der Waals surface area contributed by atoms with E-state index in [0.29, 0.717) is 0 Å². The summed E-state index contributed by atoms with van der Waals surface area (Å²) in [4.78, 5) is 19.9. The molecule has 5 heteroatoms. The van der Waals surface area contributed by atoms with Gasteiger partial charge < -0.3 is 4.57 Å². The highest BCUT2D eigenvalue weighted by Crippen LogP contribution is 2.40. The Hall–Kier alpha value is -7.76. The van der Waals surface area contributed by atoms with E-state index in [2.05, 4.69) is 156 Å². The standard InChI is InChI=1S/C53H31N5/c1-4-31-8-9-33-10-15-40(41-21-16-32(5-1)48(31)49(33)41)30-58-46-24-19-38(44-22-17-36-13-11-34-6-2-26-54-50(34)52(36)56-44)28-42(46)43-29-39(20-25-47(43)58)45-23-18-37-14-12-35-7-3-27-55-51(35)53(37)57-45/h1-29H,30H2. The van der Waals surface area contributed by atoms with Crippen molar-refractivity contribution >= 4 is 97.7 Å². The first-order valence-corrected chi connectivity index (χ1v) is 19.7. The molecule has 0 saturated carbocycles. The van der Waals surface area contributed by atoms with Crippen LogP contribution in [0.1, 0.15) is 5.56 Å². The van der Waals surface area contributed by atoms with Crippen molar-refractivity contribution in [1.82, 2.24) is 24.5 Å². The fraction of sp³-hybridized carbons (Fsp3) is 0.0189. The van der Waals surface area contributed by atoms with Crippen LogP contribution in [0.3, 0.4) is 0 Å². The molecule has 0 atom stereocenters. The highest BCUT2D eigenvalue weighted by molar-refractivity contribution is 6.23. The Bertz CT molecular complexity index is 3650. The molecule has 0 saturated heterocycles. The molecule has 0 amide bonds. The van der Waals surface area contributed by atoms with Gasteiger partial charge >= 0.3 is 0 Å². The predicted octanol–water partition coefficient (Wildman–Crippen LogP) is 13.3. The van der Waals surface area contributed by atoms with Crippen LogP contribution in [0, 0.1) is 0 Å². The average Bonchev–Trinajstić information content (AvgIpc) is 3.59. The second-order valence-electron chi connectivity index (χ2n) is 15.4. The summed E-state index contributed by atoms with van der Waals surface area (Å²) >= 11 is 0. The van der Waals surface area contributed by atoms with Crippen molar-refractivity contribution in [2.24, 2.45) is 0 Å². The lowest BCUT2D eigenvalue weighted by molar-refractivity contribution is 0.876. The maximum absolute atomic E-state index is 5.24. The van der Waals surface area contributed by atoms with Crippen molar-refractivity contribution < 1.29 is 0 Å². The van der Waals surface area contributed by atoms with Gasteiger partial charge in [0, 0.05) is 73.4 Å². The maximum atomic E-state index is 5.24. The topological polar surface area (TPSA) is 56.5 Å². The maximum Gasteiger partial charge on any atom is 0.0972 e. The quantitative estimate of drug-likeness (QED) is 0.169. The van der Waals surface area contributed by atoms with Gasteiger partial charge in [0.15, 0.2) is 0 Å². The summed E-state index contributed by atoms with van der Waals surface area (Å²) in [5.41, 5.74) is 11.3. The van der Waals surface area contributed by atoms with Gasteiger partial charge in [0.2, 0.25) is 0 Å². The largest absolute Gasteiger partial charge is 0.336 e. The fourth-order valence-electron chi connectivity index (χ4n) is 9.47. The first-order valence-electron chi connectivity index (χ1n) is 19.7. The summed E-state index contributed by atoms with van der Waals surface area (Å²) in [5.74, 6) is 0. The predicted molar refractivity (Wildman–Crippen MR) is 241 cm³/mol. The average molecular weight is 738 g/mol. The highest BCUT2D eigenvalue weighted by Gasteiger charge is 2.18. The van der Waals surface area contributed by atoms with Crippen LogP contribution in [-0.2, 0) is 6.54 Å². The molecule has 0 unspecified atom stereocenters. The van der Waals surface area contributed by atoms with Crippen LogP contribution in [0.2, 0.25) is 0 Å². The van der Waals surface area contributed by atoms with Gasteiger partial charge in [-0.3, -0.25) is 9.97 Å². The van der Waals surface area contributed by atoms with E-state index in [-0.39, 0.29) is 0 Å². The number of aromatic nitrogens is 5. The molecule has 0 radical (unpaired) electrons. The smallest absolute Gasteiger partial charge is 0.0972 e. The molecule has 8 aromatic carbocycles. The molecule has 5 nitrogen and oxygen atoms in total. The van der Waals surface area contributed by atoms with Crippen LogP contribution in [0.15, 0.2) is 176 Å². The van der Waals surface area contributed by atoms with Crippen molar-refractivity contribution in [3.8, 4) is 22.5 Å². The summed E-state index contributed by atoms with van der Waals surface area (Å²) in [7, 11) is 0. The summed E-state index contributed by atoms with van der Waals surface area (Å²) in [6, 6.07) is 59.2. The second-order valence-corrected chi connectivity index (χ2v) is 15.4. The molecule has 0 aliphatic rings. The summed E-state index contributed by atoms with van der Waals surface area (Å²) < 4.78 is 2.49. The minimum absolute atomic E-state index is 0.727. The molecule has 13 aromatic rings. The third-order valence-electron chi connectivity index (χ3n) is 12.3. The van der Waals surface area contributed by atoms with Gasteiger partial charge in [0.1, 0.15) is 0 Å². The molecule has 0 N–H and O–H groups in total. The monoisotopic (exact) mass is 737 g/mol. The van der Waals surface area contributed by atoms with E-state index in [1.165, 1.54) is 59.7 Å². The molecule has 5 aromatic heterocycles. The molecule has 0 fully saturated rings. The molecule has 5 heterocycles.